The van der Waals surface area contributed by atoms with Crippen LogP contribution < -0.4 is 10.6 Å². The van der Waals surface area contributed by atoms with Gasteiger partial charge in [-0.25, -0.2) is 0 Å². The highest BCUT2D eigenvalue weighted by molar-refractivity contribution is 4.76. The van der Waals surface area contributed by atoms with Gasteiger partial charge in [-0.05, 0) is 45.3 Å². The lowest BCUT2D eigenvalue weighted by molar-refractivity contribution is 0.102. The average molecular weight is 246 g/mol. The van der Waals surface area contributed by atoms with Gasteiger partial charge in [0.15, 0.2) is 0 Å². The zero-order valence-electron chi connectivity index (χ0n) is 11.4. The molecular formula is C13H30N2O2. The Hall–Kier alpha value is -0.160. The molecule has 0 aliphatic carbocycles. The third-order valence-electron chi connectivity index (χ3n) is 2.89. The summed E-state index contributed by atoms with van der Waals surface area (Å²) in [6.07, 6.45) is 4.37. The maximum Gasteiger partial charge on any atom is 0.0706 e. The molecule has 0 aromatic heterocycles. The number of unbranched alkanes of at least 4 members (excludes halogenated alkanes) is 1. The van der Waals surface area contributed by atoms with Crippen molar-refractivity contribution in [3.05, 3.63) is 0 Å². The molecule has 0 radical (unpaired) electrons. The van der Waals surface area contributed by atoms with Crippen molar-refractivity contribution in [1.82, 2.24) is 10.6 Å². The van der Waals surface area contributed by atoms with E-state index in [0.717, 1.165) is 45.3 Å². The monoisotopic (exact) mass is 246 g/mol. The van der Waals surface area contributed by atoms with E-state index in [-0.39, 0.29) is 18.8 Å². The van der Waals surface area contributed by atoms with E-state index in [0.29, 0.717) is 6.42 Å². The first kappa shape index (κ1) is 16.8. The molecular weight excluding hydrogens is 216 g/mol. The van der Waals surface area contributed by atoms with E-state index >= 15 is 0 Å². The lowest BCUT2D eigenvalue weighted by Gasteiger charge is -2.23. The molecule has 0 aromatic carbocycles. The second-order valence-corrected chi connectivity index (χ2v) is 4.53. The lowest BCUT2D eigenvalue weighted by Crippen LogP contribution is -2.42. The van der Waals surface area contributed by atoms with Crippen molar-refractivity contribution in [3.8, 4) is 0 Å². The number of hydrogen-bond acceptors (Lipinski definition) is 4. The topological polar surface area (TPSA) is 64.5 Å². The van der Waals surface area contributed by atoms with Gasteiger partial charge in [-0.1, -0.05) is 20.3 Å². The number of nitrogens with one attached hydrogen (secondary N) is 2. The molecule has 0 spiro atoms. The van der Waals surface area contributed by atoms with Gasteiger partial charge in [-0.2, -0.15) is 0 Å². The van der Waals surface area contributed by atoms with Gasteiger partial charge in [-0.3, -0.25) is 0 Å². The van der Waals surface area contributed by atoms with E-state index in [1.54, 1.807) is 0 Å². The van der Waals surface area contributed by atoms with Crippen LogP contribution in [0.3, 0.4) is 0 Å². The van der Waals surface area contributed by atoms with Crippen molar-refractivity contribution >= 4 is 0 Å². The fraction of sp³-hybridized carbons (Fsp3) is 1.00. The van der Waals surface area contributed by atoms with Crippen LogP contribution in [0.15, 0.2) is 0 Å². The Kier molecular flexibility index (Phi) is 12.2. The van der Waals surface area contributed by atoms with E-state index in [1.807, 2.05) is 0 Å². The van der Waals surface area contributed by atoms with Crippen LogP contribution in [0.5, 0.6) is 0 Å². The van der Waals surface area contributed by atoms with Gasteiger partial charge in [0.2, 0.25) is 0 Å². The minimum atomic E-state index is -0.372. The fourth-order valence-corrected chi connectivity index (χ4v) is 1.79. The Balaban J connectivity index is 3.75. The largest absolute Gasteiger partial charge is 0.396 e. The summed E-state index contributed by atoms with van der Waals surface area (Å²) in [5.41, 5.74) is 0. The summed E-state index contributed by atoms with van der Waals surface area (Å²) in [5, 5.41) is 25.6. The quantitative estimate of drug-likeness (QED) is 0.386. The second-order valence-electron chi connectivity index (χ2n) is 4.53. The summed E-state index contributed by atoms with van der Waals surface area (Å²) in [6, 6.07) is 0.0231. The molecule has 0 heterocycles. The van der Waals surface area contributed by atoms with E-state index in [4.69, 9.17) is 5.11 Å². The van der Waals surface area contributed by atoms with E-state index in [1.165, 1.54) is 0 Å². The summed E-state index contributed by atoms with van der Waals surface area (Å²) in [6.45, 7) is 7.16. The first-order valence-corrected chi connectivity index (χ1v) is 6.99. The van der Waals surface area contributed by atoms with Crippen LogP contribution in [-0.2, 0) is 0 Å². The van der Waals surface area contributed by atoms with Crippen molar-refractivity contribution in [1.29, 1.82) is 0 Å². The van der Waals surface area contributed by atoms with Gasteiger partial charge in [0.25, 0.3) is 0 Å². The molecule has 104 valence electrons. The van der Waals surface area contributed by atoms with E-state index in [2.05, 4.69) is 24.5 Å². The molecule has 0 saturated carbocycles. The van der Waals surface area contributed by atoms with Crippen LogP contribution in [0.1, 0.15) is 46.0 Å². The van der Waals surface area contributed by atoms with Gasteiger partial charge in [-0.15, -0.1) is 0 Å². The molecule has 0 saturated heterocycles. The standard InChI is InChI=1S/C13H30N2O2/c1-3-5-9-15-12(7-11-16)13(17)6-10-14-8-4-2/h12-17H,3-11H2,1-2H3. The Morgan fingerprint density at radius 1 is 1.00 bits per heavy atom. The Morgan fingerprint density at radius 2 is 1.76 bits per heavy atom. The maximum absolute atomic E-state index is 10.0. The highest BCUT2D eigenvalue weighted by atomic mass is 16.3. The highest BCUT2D eigenvalue weighted by Gasteiger charge is 2.17. The minimum absolute atomic E-state index is 0.0231. The summed E-state index contributed by atoms with van der Waals surface area (Å²) >= 11 is 0. The van der Waals surface area contributed by atoms with Gasteiger partial charge >= 0.3 is 0 Å². The van der Waals surface area contributed by atoms with E-state index < -0.39 is 0 Å². The SMILES string of the molecule is CCCCNC(CCO)C(O)CCNCCC. The molecule has 0 amide bonds. The molecule has 4 nitrogen and oxygen atoms in total. The Bertz CT molecular complexity index is 156. The zero-order chi connectivity index (χ0) is 12.9. The maximum atomic E-state index is 10.0. The van der Waals surface area contributed by atoms with Crippen molar-refractivity contribution in [2.24, 2.45) is 0 Å². The lowest BCUT2D eigenvalue weighted by atomic mass is 10.0. The normalized spacial score (nSPS) is 14.8. The minimum Gasteiger partial charge on any atom is -0.396 e. The first-order valence-electron chi connectivity index (χ1n) is 6.99. The number of hydrogen-bond donors (Lipinski definition) is 4. The molecule has 17 heavy (non-hydrogen) atoms. The summed E-state index contributed by atoms with van der Waals surface area (Å²) in [4.78, 5) is 0. The van der Waals surface area contributed by atoms with Crippen LogP contribution in [0.2, 0.25) is 0 Å². The van der Waals surface area contributed by atoms with Crippen molar-refractivity contribution in [2.75, 3.05) is 26.2 Å². The number of aliphatic hydroxyl groups is 2. The molecule has 0 aliphatic heterocycles. The van der Waals surface area contributed by atoms with Crippen LogP contribution >= 0.6 is 0 Å². The molecule has 0 aliphatic rings. The molecule has 4 N–H and O–H groups in total. The molecule has 2 unspecified atom stereocenters. The third kappa shape index (κ3) is 9.53. The predicted octanol–water partition coefficient (Wildman–Crippen LogP) is 0.878. The second kappa shape index (κ2) is 12.3. The molecule has 0 aromatic rings. The number of rotatable bonds is 12. The zero-order valence-corrected chi connectivity index (χ0v) is 11.4. The third-order valence-corrected chi connectivity index (χ3v) is 2.89. The van der Waals surface area contributed by atoms with Crippen molar-refractivity contribution in [3.63, 3.8) is 0 Å². The Morgan fingerprint density at radius 3 is 2.35 bits per heavy atom. The molecule has 0 fully saturated rings. The van der Waals surface area contributed by atoms with Crippen LogP contribution in [0.25, 0.3) is 0 Å². The summed E-state index contributed by atoms with van der Waals surface area (Å²) in [7, 11) is 0. The van der Waals surface area contributed by atoms with Gasteiger partial charge in [0.05, 0.1) is 6.10 Å². The summed E-state index contributed by atoms with van der Waals surface area (Å²) in [5.74, 6) is 0. The molecule has 4 heteroatoms. The van der Waals surface area contributed by atoms with Gasteiger partial charge in [0.1, 0.15) is 0 Å². The van der Waals surface area contributed by atoms with Gasteiger partial charge < -0.3 is 20.8 Å². The average Bonchev–Trinajstić information content (AvgIpc) is 2.33. The van der Waals surface area contributed by atoms with Crippen LogP contribution in [-0.4, -0.2) is 48.6 Å². The highest BCUT2D eigenvalue weighted by Crippen LogP contribution is 2.03. The van der Waals surface area contributed by atoms with Crippen molar-refractivity contribution in [2.45, 2.75) is 58.1 Å². The van der Waals surface area contributed by atoms with Gasteiger partial charge in [0, 0.05) is 12.6 Å². The van der Waals surface area contributed by atoms with Crippen molar-refractivity contribution < 1.29 is 10.2 Å². The van der Waals surface area contributed by atoms with E-state index in [9.17, 15) is 5.11 Å². The predicted molar refractivity (Wildman–Crippen MR) is 72.2 cm³/mol. The van der Waals surface area contributed by atoms with Crippen LogP contribution in [0, 0.1) is 0 Å². The molecule has 0 rings (SSSR count). The summed E-state index contributed by atoms with van der Waals surface area (Å²) < 4.78 is 0. The first-order chi connectivity index (χ1) is 8.26. The smallest absolute Gasteiger partial charge is 0.0706 e. The Labute approximate surface area is 106 Å². The molecule has 2 atom stereocenters. The number of aliphatic hydroxyl groups excluding tert-OH is 2. The van der Waals surface area contributed by atoms with Crippen LogP contribution in [0.4, 0.5) is 0 Å². The fourth-order valence-electron chi connectivity index (χ4n) is 1.79. The molecule has 0 bridgehead atoms.